The molecule has 0 saturated carbocycles. The van der Waals surface area contributed by atoms with E-state index < -0.39 is 0 Å². The van der Waals surface area contributed by atoms with E-state index in [4.69, 9.17) is 14.5 Å². The van der Waals surface area contributed by atoms with Gasteiger partial charge in [-0.1, -0.05) is 0 Å². The molecular weight excluding hydrogens is 457 g/mol. The van der Waals surface area contributed by atoms with Crippen molar-refractivity contribution in [3.8, 4) is 0 Å². The third kappa shape index (κ3) is 9.25. The van der Waals surface area contributed by atoms with Gasteiger partial charge in [0.1, 0.15) is 0 Å². The van der Waals surface area contributed by atoms with Crippen LogP contribution in [0.3, 0.4) is 0 Å². The minimum atomic E-state index is 0. The van der Waals surface area contributed by atoms with Crippen molar-refractivity contribution in [3.63, 3.8) is 0 Å². The van der Waals surface area contributed by atoms with E-state index in [-0.39, 0.29) is 24.0 Å². The van der Waals surface area contributed by atoms with Crippen molar-refractivity contribution in [2.24, 2.45) is 4.99 Å². The van der Waals surface area contributed by atoms with Crippen LogP contribution in [0.2, 0.25) is 0 Å². The van der Waals surface area contributed by atoms with Crippen molar-refractivity contribution in [2.75, 3.05) is 46.5 Å². The average Bonchev–Trinajstić information content (AvgIpc) is 3.07. The van der Waals surface area contributed by atoms with Crippen LogP contribution in [0.25, 0.3) is 0 Å². The number of ether oxygens (including phenoxy) is 2. The Morgan fingerprint density at radius 2 is 2.07 bits per heavy atom. The molecule has 2 rings (SSSR count). The topological polar surface area (TPSA) is 63.9 Å². The third-order valence-electron chi connectivity index (χ3n) is 4.49. The van der Waals surface area contributed by atoms with Crippen molar-refractivity contribution in [3.05, 3.63) is 18.0 Å². The van der Waals surface area contributed by atoms with Crippen molar-refractivity contribution in [1.82, 2.24) is 20.0 Å². The second kappa shape index (κ2) is 14.2. The molecule has 1 aliphatic rings. The summed E-state index contributed by atoms with van der Waals surface area (Å²) in [6.45, 7) is 10.4. The first-order chi connectivity index (χ1) is 12.7. The molecule has 0 atom stereocenters. The van der Waals surface area contributed by atoms with Crippen LogP contribution >= 0.6 is 24.0 Å². The molecule has 0 amide bonds. The molecule has 0 unspecified atom stereocenters. The number of nitrogens with one attached hydrogen (secondary N) is 1. The highest BCUT2D eigenvalue weighted by molar-refractivity contribution is 14.0. The molecule has 0 spiro atoms. The molecule has 1 N–H and O–H groups in total. The fraction of sp³-hybridized carbons (Fsp3) is 0.789. The molecule has 1 saturated heterocycles. The maximum atomic E-state index is 5.95. The Bertz CT molecular complexity index is 530. The van der Waals surface area contributed by atoms with Gasteiger partial charge >= 0.3 is 0 Å². The summed E-state index contributed by atoms with van der Waals surface area (Å²) in [6, 6.07) is 0. The van der Waals surface area contributed by atoms with Gasteiger partial charge in [0, 0.05) is 59.2 Å². The molecule has 7 nitrogen and oxygen atoms in total. The number of hydrogen-bond donors (Lipinski definition) is 1. The molecule has 0 aromatic carbocycles. The van der Waals surface area contributed by atoms with Crippen LogP contribution in [0.15, 0.2) is 17.4 Å². The van der Waals surface area contributed by atoms with Crippen molar-refractivity contribution in [1.29, 1.82) is 0 Å². The number of guanidine groups is 1. The summed E-state index contributed by atoms with van der Waals surface area (Å²) in [5.74, 6) is 1.03. The molecular formula is C19H36IN5O2. The number of rotatable bonds is 10. The van der Waals surface area contributed by atoms with Crippen LogP contribution in [-0.4, -0.2) is 73.2 Å². The summed E-state index contributed by atoms with van der Waals surface area (Å²) in [5, 5.41) is 7.75. The number of aliphatic imine (C=N–C) groups is 1. The highest BCUT2D eigenvalue weighted by Gasteiger charge is 2.21. The Labute approximate surface area is 180 Å². The van der Waals surface area contributed by atoms with E-state index in [1.807, 2.05) is 10.9 Å². The van der Waals surface area contributed by atoms with Crippen LogP contribution in [0.1, 0.15) is 38.2 Å². The highest BCUT2D eigenvalue weighted by atomic mass is 127. The molecule has 1 aromatic heterocycles. The Hall–Kier alpha value is -0.870. The summed E-state index contributed by atoms with van der Waals surface area (Å²) >= 11 is 0. The normalized spacial score (nSPS) is 15.7. The zero-order chi connectivity index (χ0) is 18.6. The molecule has 0 radical (unpaired) electrons. The lowest BCUT2D eigenvalue weighted by molar-refractivity contribution is 0.00990. The van der Waals surface area contributed by atoms with Crippen molar-refractivity contribution in [2.45, 2.75) is 52.2 Å². The Balaban J connectivity index is 0.00000364. The second-order valence-electron chi connectivity index (χ2n) is 6.77. The number of hydrogen-bond acceptors (Lipinski definition) is 4. The van der Waals surface area contributed by atoms with Gasteiger partial charge in [0.2, 0.25) is 0 Å². The highest BCUT2D eigenvalue weighted by Crippen LogP contribution is 2.14. The predicted molar refractivity (Wildman–Crippen MR) is 120 cm³/mol. The Kier molecular flexibility index (Phi) is 12.7. The summed E-state index contributed by atoms with van der Waals surface area (Å²) in [6.07, 6.45) is 8.43. The Morgan fingerprint density at radius 1 is 1.30 bits per heavy atom. The van der Waals surface area contributed by atoms with Crippen LogP contribution in [-0.2, 0) is 16.0 Å². The lowest BCUT2D eigenvalue weighted by atomic mass is 10.1. The van der Waals surface area contributed by atoms with Gasteiger partial charge in [-0.25, -0.2) is 0 Å². The lowest BCUT2D eigenvalue weighted by Gasteiger charge is -2.34. The molecule has 1 aliphatic heterocycles. The van der Waals surface area contributed by atoms with Gasteiger partial charge < -0.3 is 19.7 Å². The van der Waals surface area contributed by atoms with Gasteiger partial charge in [-0.05, 0) is 45.1 Å². The van der Waals surface area contributed by atoms with Crippen LogP contribution in [0.5, 0.6) is 0 Å². The average molecular weight is 493 g/mol. The minimum Gasteiger partial charge on any atom is -0.385 e. The van der Waals surface area contributed by atoms with Crippen LogP contribution < -0.4 is 5.32 Å². The number of aromatic nitrogens is 2. The van der Waals surface area contributed by atoms with Gasteiger partial charge in [0.15, 0.2) is 5.96 Å². The fourth-order valence-corrected chi connectivity index (χ4v) is 3.12. The SMILES string of the molecule is CCNC(=NCCCn1cc(C)cn1)N1CCC(OCCCOC)CC1.I. The standard InChI is InChI=1S/C19H35N5O2.HI/c1-4-20-19(21-9-5-10-24-16-17(2)15-22-24)23-11-7-18(8-12-23)26-14-6-13-25-3;/h15-16,18H,4-14H2,1-3H3,(H,20,21);1H. The predicted octanol–water partition coefficient (Wildman–Crippen LogP) is 2.68. The van der Waals surface area contributed by atoms with Crippen molar-refractivity contribution < 1.29 is 9.47 Å². The molecule has 1 fully saturated rings. The first-order valence-electron chi connectivity index (χ1n) is 9.85. The number of likely N-dealkylation sites (tertiary alicyclic amines) is 1. The van der Waals surface area contributed by atoms with E-state index in [0.29, 0.717) is 6.10 Å². The van der Waals surface area contributed by atoms with E-state index >= 15 is 0 Å². The molecule has 2 heterocycles. The zero-order valence-corrected chi connectivity index (χ0v) is 19.4. The smallest absolute Gasteiger partial charge is 0.193 e. The van der Waals surface area contributed by atoms with E-state index in [2.05, 4.69) is 35.4 Å². The van der Waals surface area contributed by atoms with E-state index in [1.54, 1.807) is 7.11 Å². The van der Waals surface area contributed by atoms with Gasteiger partial charge in [0.25, 0.3) is 0 Å². The molecule has 0 bridgehead atoms. The fourth-order valence-electron chi connectivity index (χ4n) is 3.12. The summed E-state index contributed by atoms with van der Waals surface area (Å²) in [7, 11) is 1.73. The second-order valence-corrected chi connectivity index (χ2v) is 6.77. The van der Waals surface area contributed by atoms with Crippen molar-refractivity contribution >= 4 is 29.9 Å². The quantitative estimate of drug-likeness (QED) is 0.235. The number of piperidine rings is 1. The Morgan fingerprint density at radius 3 is 2.70 bits per heavy atom. The van der Waals surface area contributed by atoms with Gasteiger partial charge in [-0.3, -0.25) is 9.67 Å². The molecule has 27 heavy (non-hydrogen) atoms. The maximum absolute atomic E-state index is 5.95. The number of aryl methyl sites for hydroxylation is 2. The van der Waals surface area contributed by atoms with E-state index in [9.17, 15) is 0 Å². The molecule has 1 aromatic rings. The summed E-state index contributed by atoms with van der Waals surface area (Å²) < 4.78 is 13.0. The number of methoxy groups -OCH3 is 1. The van der Waals surface area contributed by atoms with Crippen LogP contribution in [0, 0.1) is 6.92 Å². The van der Waals surface area contributed by atoms with E-state index in [0.717, 1.165) is 77.6 Å². The molecule has 8 heteroatoms. The minimum absolute atomic E-state index is 0. The molecule has 0 aliphatic carbocycles. The zero-order valence-electron chi connectivity index (χ0n) is 17.0. The maximum Gasteiger partial charge on any atom is 0.193 e. The molecule has 156 valence electrons. The first kappa shape index (κ1) is 24.2. The lowest BCUT2D eigenvalue weighted by Crippen LogP contribution is -2.47. The van der Waals surface area contributed by atoms with Gasteiger partial charge in [-0.2, -0.15) is 5.10 Å². The summed E-state index contributed by atoms with van der Waals surface area (Å²) in [4.78, 5) is 7.16. The monoisotopic (exact) mass is 493 g/mol. The number of halogens is 1. The van der Waals surface area contributed by atoms with Gasteiger partial charge in [-0.15, -0.1) is 24.0 Å². The summed E-state index contributed by atoms with van der Waals surface area (Å²) in [5.41, 5.74) is 1.20. The largest absolute Gasteiger partial charge is 0.385 e. The van der Waals surface area contributed by atoms with Gasteiger partial charge in [0.05, 0.1) is 12.3 Å². The first-order valence-corrected chi connectivity index (χ1v) is 9.85. The van der Waals surface area contributed by atoms with Crippen LogP contribution in [0.4, 0.5) is 0 Å². The number of nitrogens with zero attached hydrogens (tertiary/aromatic N) is 4. The van der Waals surface area contributed by atoms with E-state index in [1.165, 1.54) is 5.56 Å². The third-order valence-corrected chi connectivity index (χ3v) is 4.49.